The molecular formula is C12H8ClFN4O. The minimum atomic E-state index is -0.385. The number of benzene rings is 1. The van der Waals surface area contributed by atoms with Crippen LogP contribution in [0.1, 0.15) is 0 Å². The molecule has 0 radical (unpaired) electrons. The maximum absolute atomic E-state index is 13.2. The summed E-state index contributed by atoms with van der Waals surface area (Å²) < 4.78 is 19.9. The second kappa shape index (κ2) is 4.47. The van der Waals surface area contributed by atoms with Crippen molar-refractivity contribution in [3.05, 3.63) is 41.7 Å². The Kier molecular flexibility index (Phi) is 2.79. The molecule has 0 spiro atoms. The van der Waals surface area contributed by atoms with Crippen LogP contribution in [-0.2, 0) is 0 Å². The Labute approximate surface area is 112 Å². The van der Waals surface area contributed by atoms with Crippen LogP contribution in [0, 0.1) is 5.82 Å². The van der Waals surface area contributed by atoms with Crippen LogP contribution in [0.15, 0.2) is 30.7 Å². The van der Waals surface area contributed by atoms with Gasteiger partial charge in [-0.25, -0.2) is 19.0 Å². The van der Waals surface area contributed by atoms with E-state index in [1.807, 2.05) is 0 Å². The van der Waals surface area contributed by atoms with E-state index in [0.29, 0.717) is 27.6 Å². The summed E-state index contributed by atoms with van der Waals surface area (Å²) in [5.74, 6) is -0.0237. The Bertz CT molecular complexity index is 759. The van der Waals surface area contributed by atoms with Crippen molar-refractivity contribution in [2.24, 2.45) is 0 Å². The first-order valence-corrected chi connectivity index (χ1v) is 5.76. The number of aromatic nitrogens is 4. The van der Waals surface area contributed by atoms with Gasteiger partial charge in [-0.05, 0) is 12.1 Å². The molecule has 2 aromatic heterocycles. The Hall–Kier alpha value is -2.21. The van der Waals surface area contributed by atoms with Crippen LogP contribution in [0.2, 0.25) is 5.15 Å². The molecule has 19 heavy (non-hydrogen) atoms. The second-order valence-corrected chi connectivity index (χ2v) is 4.13. The van der Waals surface area contributed by atoms with E-state index in [1.54, 1.807) is 12.3 Å². The van der Waals surface area contributed by atoms with Crippen LogP contribution in [0.3, 0.4) is 0 Å². The lowest BCUT2D eigenvalue weighted by molar-refractivity contribution is 0.408. The fourth-order valence-electron chi connectivity index (χ4n) is 1.82. The lowest BCUT2D eigenvalue weighted by Crippen LogP contribution is -2.01. The Morgan fingerprint density at radius 1 is 1.32 bits per heavy atom. The van der Waals surface area contributed by atoms with Crippen molar-refractivity contribution in [1.29, 1.82) is 0 Å². The zero-order chi connectivity index (χ0) is 13.4. The highest BCUT2D eigenvalue weighted by molar-refractivity contribution is 6.33. The lowest BCUT2D eigenvalue weighted by atomic mass is 10.3. The van der Waals surface area contributed by atoms with Gasteiger partial charge in [0.05, 0.1) is 18.7 Å². The third kappa shape index (κ3) is 1.90. The highest BCUT2D eigenvalue weighted by Gasteiger charge is 2.13. The molecule has 0 amide bonds. The average Bonchev–Trinajstić information content (AvgIpc) is 2.84. The summed E-state index contributed by atoms with van der Waals surface area (Å²) in [6.07, 6.45) is 2.90. The van der Waals surface area contributed by atoms with E-state index >= 15 is 0 Å². The molecule has 0 saturated carbocycles. The number of hydrogen-bond donors (Lipinski definition) is 0. The standard InChI is InChI=1S/C12H8ClFN4O/c1-19-10-4-7(14)2-3-9(10)18-12-8(5-17-18)11(13)15-6-16-12/h2-6H,1H3. The normalized spacial score (nSPS) is 10.9. The molecule has 2 heterocycles. The van der Waals surface area contributed by atoms with Crippen molar-refractivity contribution in [3.8, 4) is 11.4 Å². The Balaban J connectivity index is 2.28. The number of hydrogen-bond acceptors (Lipinski definition) is 4. The Morgan fingerprint density at radius 3 is 2.95 bits per heavy atom. The summed E-state index contributed by atoms with van der Waals surface area (Å²) in [5.41, 5.74) is 1.11. The van der Waals surface area contributed by atoms with Crippen LogP contribution in [-0.4, -0.2) is 26.9 Å². The van der Waals surface area contributed by atoms with Gasteiger partial charge >= 0.3 is 0 Å². The predicted molar refractivity (Wildman–Crippen MR) is 68.2 cm³/mol. The van der Waals surface area contributed by atoms with Crippen molar-refractivity contribution >= 4 is 22.6 Å². The van der Waals surface area contributed by atoms with Crippen LogP contribution >= 0.6 is 11.6 Å². The van der Waals surface area contributed by atoms with Gasteiger partial charge in [-0.3, -0.25) is 0 Å². The van der Waals surface area contributed by atoms with E-state index in [9.17, 15) is 4.39 Å². The number of fused-ring (bicyclic) bond motifs is 1. The van der Waals surface area contributed by atoms with Gasteiger partial charge in [0.2, 0.25) is 0 Å². The summed E-state index contributed by atoms with van der Waals surface area (Å²) >= 11 is 5.96. The molecule has 0 saturated heterocycles. The molecular weight excluding hydrogens is 271 g/mol. The third-order valence-electron chi connectivity index (χ3n) is 2.69. The molecule has 3 aromatic rings. The third-order valence-corrected chi connectivity index (χ3v) is 2.99. The van der Waals surface area contributed by atoms with Crippen LogP contribution in [0.4, 0.5) is 4.39 Å². The molecule has 0 fully saturated rings. The molecule has 0 aliphatic carbocycles. The van der Waals surface area contributed by atoms with Crippen molar-refractivity contribution in [2.75, 3.05) is 7.11 Å². The molecule has 3 rings (SSSR count). The van der Waals surface area contributed by atoms with Gasteiger partial charge < -0.3 is 4.74 Å². The molecule has 7 heteroatoms. The maximum atomic E-state index is 13.2. The minimum Gasteiger partial charge on any atom is -0.494 e. The van der Waals surface area contributed by atoms with E-state index in [0.717, 1.165) is 0 Å². The molecule has 5 nitrogen and oxygen atoms in total. The number of nitrogens with zero attached hydrogens (tertiary/aromatic N) is 4. The largest absolute Gasteiger partial charge is 0.494 e. The summed E-state index contributed by atoms with van der Waals surface area (Å²) in [5, 5.41) is 5.13. The predicted octanol–water partition coefficient (Wildman–Crippen LogP) is 2.62. The number of halogens is 2. The molecule has 0 aliphatic heterocycles. The quantitative estimate of drug-likeness (QED) is 0.676. The zero-order valence-electron chi connectivity index (χ0n) is 9.84. The SMILES string of the molecule is COc1cc(F)ccc1-n1ncc2c(Cl)ncnc21. The van der Waals surface area contributed by atoms with Gasteiger partial charge in [0.1, 0.15) is 28.7 Å². The van der Waals surface area contributed by atoms with Crippen molar-refractivity contribution in [1.82, 2.24) is 19.7 Å². The van der Waals surface area contributed by atoms with Crippen LogP contribution < -0.4 is 4.74 Å². The molecule has 0 atom stereocenters. The van der Waals surface area contributed by atoms with Crippen LogP contribution in [0.25, 0.3) is 16.7 Å². The highest BCUT2D eigenvalue weighted by Crippen LogP contribution is 2.27. The first-order valence-electron chi connectivity index (χ1n) is 5.39. The van der Waals surface area contributed by atoms with Crippen molar-refractivity contribution in [2.45, 2.75) is 0 Å². The summed E-state index contributed by atoms with van der Waals surface area (Å²) in [4.78, 5) is 8.01. The summed E-state index contributed by atoms with van der Waals surface area (Å²) in [7, 11) is 1.46. The summed E-state index contributed by atoms with van der Waals surface area (Å²) in [6, 6.07) is 4.18. The molecule has 96 valence electrons. The second-order valence-electron chi connectivity index (χ2n) is 3.77. The lowest BCUT2D eigenvalue weighted by Gasteiger charge is -2.08. The first kappa shape index (κ1) is 11.9. The first-order chi connectivity index (χ1) is 9.20. The van der Waals surface area contributed by atoms with Gasteiger partial charge in [-0.15, -0.1) is 0 Å². The van der Waals surface area contributed by atoms with E-state index in [4.69, 9.17) is 16.3 Å². The van der Waals surface area contributed by atoms with E-state index < -0.39 is 0 Å². The molecule has 0 bridgehead atoms. The molecule has 0 N–H and O–H groups in total. The molecule has 1 aromatic carbocycles. The fourth-order valence-corrected chi connectivity index (χ4v) is 2.00. The zero-order valence-corrected chi connectivity index (χ0v) is 10.6. The monoisotopic (exact) mass is 278 g/mol. The summed E-state index contributed by atoms with van der Waals surface area (Å²) in [6.45, 7) is 0. The number of methoxy groups -OCH3 is 1. The molecule has 0 aliphatic rings. The van der Waals surface area contributed by atoms with Crippen LogP contribution in [0.5, 0.6) is 5.75 Å². The van der Waals surface area contributed by atoms with Crippen molar-refractivity contribution in [3.63, 3.8) is 0 Å². The number of ether oxygens (including phenoxy) is 1. The highest BCUT2D eigenvalue weighted by atomic mass is 35.5. The van der Waals surface area contributed by atoms with Gasteiger partial charge in [-0.2, -0.15) is 5.10 Å². The van der Waals surface area contributed by atoms with Gasteiger partial charge in [-0.1, -0.05) is 11.6 Å². The van der Waals surface area contributed by atoms with E-state index in [1.165, 1.54) is 30.3 Å². The van der Waals surface area contributed by atoms with Gasteiger partial charge in [0, 0.05) is 6.07 Å². The van der Waals surface area contributed by atoms with Gasteiger partial charge in [0.25, 0.3) is 0 Å². The smallest absolute Gasteiger partial charge is 0.167 e. The molecule has 0 unspecified atom stereocenters. The fraction of sp³-hybridized carbons (Fsp3) is 0.0833. The van der Waals surface area contributed by atoms with E-state index in [2.05, 4.69) is 15.1 Å². The Morgan fingerprint density at radius 2 is 2.16 bits per heavy atom. The average molecular weight is 279 g/mol. The maximum Gasteiger partial charge on any atom is 0.167 e. The topological polar surface area (TPSA) is 52.8 Å². The minimum absolute atomic E-state index is 0.317. The van der Waals surface area contributed by atoms with E-state index in [-0.39, 0.29) is 5.82 Å². The van der Waals surface area contributed by atoms with Gasteiger partial charge in [0.15, 0.2) is 5.65 Å². The number of rotatable bonds is 2. The van der Waals surface area contributed by atoms with Crippen molar-refractivity contribution < 1.29 is 9.13 Å².